The average molecular weight is 430 g/mol. The molecule has 1 aromatic rings. The van der Waals surface area contributed by atoms with E-state index in [-0.39, 0.29) is 35.9 Å². The third kappa shape index (κ3) is 5.13. The Bertz CT molecular complexity index is 831. The monoisotopic (exact) mass is 429 g/mol. The summed E-state index contributed by atoms with van der Waals surface area (Å²) in [5.74, 6) is -2.52. The predicted octanol–water partition coefficient (Wildman–Crippen LogP) is 2.35. The first kappa shape index (κ1) is 22.1. The Morgan fingerprint density at radius 3 is 2.21 bits per heavy atom. The van der Waals surface area contributed by atoms with E-state index >= 15 is 0 Å². The van der Waals surface area contributed by atoms with Crippen molar-refractivity contribution in [1.29, 1.82) is 0 Å². The maximum atomic E-state index is 13.4. The van der Waals surface area contributed by atoms with Gasteiger partial charge in [-0.15, -0.1) is 0 Å². The van der Waals surface area contributed by atoms with E-state index in [9.17, 15) is 22.0 Å². The number of benzene rings is 1. The fourth-order valence-electron chi connectivity index (χ4n) is 4.02. The summed E-state index contributed by atoms with van der Waals surface area (Å²) < 4.78 is 53.1. The number of hydrogen-bond donors (Lipinski definition) is 1. The normalized spacial score (nSPS) is 20.9. The molecule has 0 radical (unpaired) electrons. The summed E-state index contributed by atoms with van der Waals surface area (Å²) in [5.41, 5.74) is 0. The van der Waals surface area contributed by atoms with Gasteiger partial charge in [-0.2, -0.15) is 4.31 Å². The van der Waals surface area contributed by atoms with Crippen molar-refractivity contribution < 1.29 is 22.0 Å². The number of carbonyl (C=O) groups is 1. The molecule has 0 saturated carbocycles. The zero-order chi connectivity index (χ0) is 21.2. The van der Waals surface area contributed by atoms with Crippen LogP contribution in [0.2, 0.25) is 0 Å². The Kier molecular flexibility index (Phi) is 6.90. The molecule has 29 heavy (non-hydrogen) atoms. The molecule has 0 spiro atoms. The number of amides is 1. The molecule has 0 atom stereocenters. The van der Waals surface area contributed by atoms with Crippen molar-refractivity contribution in [2.75, 3.05) is 26.2 Å². The Morgan fingerprint density at radius 2 is 1.66 bits per heavy atom. The van der Waals surface area contributed by atoms with Gasteiger partial charge in [0.25, 0.3) is 0 Å². The van der Waals surface area contributed by atoms with Crippen molar-refractivity contribution >= 4 is 15.9 Å². The molecule has 2 heterocycles. The van der Waals surface area contributed by atoms with Gasteiger partial charge in [0.05, 0.1) is 4.90 Å². The molecule has 0 aromatic heterocycles. The van der Waals surface area contributed by atoms with E-state index in [0.717, 1.165) is 38.1 Å². The van der Waals surface area contributed by atoms with Crippen LogP contribution in [0.3, 0.4) is 0 Å². The Labute approximate surface area is 171 Å². The minimum Gasteiger partial charge on any atom is -0.353 e. The van der Waals surface area contributed by atoms with Crippen LogP contribution in [-0.4, -0.2) is 61.8 Å². The molecule has 9 heteroatoms. The lowest BCUT2D eigenvalue weighted by Gasteiger charge is -2.36. The van der Waals surface area contributed by atoms with E-state index in [1.807, 2.05) is 0 Å². The molecule has 0 unspecified atom stereocenters. The second-order valence-electron chi connectivity index (χ2n) is 8.17. The Morgan fingerprint density at radius 1 is 1.03 bits per heavy atom. The highest BCUT2D eigenvalue weighted by atomic mass is 32.2. The van der Waals surface area contributed by atoms with Crippen molar-refractivity contribution in [1.82, 2.24) is 14.5 Å². The summed E-state index contributed by atoms with van der Waals surface area (Å²) in [6.45, 7) is 6.64. The van der Waals surface area contributed by atoms with Crippen LogP contribution < -0.4 is 5.32 Å². The van der Waals surface area contributed by atoms with Crippen molar-refractivity contribution in [3.63, 3.8) is 0 Å². The lowest BCUT2D eigenvalue weighted by molar-refractivity contribution is -0.127. The second-order valence-corrected chi connectivity index (χ2v) is 10.1. The lowest BCUT2D eigenvalue weighted by atomic mass is 9.95. The summed E-state index contributed by atoms with van der Waals surface area (Å²) in [4.78, 5) is 14.7. The second kappa shape index (κ2) is 9.06. The first-order chi connectivity index (χ1) is 13.7. The van der Waals surface area contributed by atoms with Gasteiger partial charge >= 0.3 is 0 Å². The molecule has 2 aliphatic heterocycles. The molecule has 1 aromatic carbocycles. The predicted molar refractivity (Wildman–Crippen MR) is 106 cm³/mol. The fourth-order valence-corrected chi connectivity index (χ4v) is 5.51. The third-order valence-corrected chi connectivity index (χ3v) is 7.85. The maximum Gasteiger partial charge on any atom is 0.243 e. The van der Waals surface area contributed by atoms with Crippen molar-refractivity contribution in [2.24, 2.45) is 5.92 Å². The van der Waals surface area contributed by atoms with E-state index < -0.39 is 21.7 Å². The van der Waals surface area contributed by atoms with Crippen LogP contribution in [0.25, 0.3) is 0 Å². The quantitative estimate of drug-likeness (QED) is 0.780. The first-order valence-corrected chi connectivity index (χ1v) is 11.6. The molecule has 3 rings (SSSR count). The van der Waals surface area contributed by atoms with Gasteiger partial charge in [-0.1, -0.05) is 0 Å². The van der Waals surface area contributed by atoms with Gasteiger partial charge in [-0.25, -0.2) is 17.2 Å². The Hall–Kier alpha value is -1.58. The van der Waals surface area contributed by atoms with Crippen molar-refractivity contribution in [3.8, 4) is 0 Å². The van der Waals surface area contributed by atoms with Gasteiger partial charge in [0.15, 0.2) is 11.6 Å². The number of sulfonamides is 1. The molecule has 2 fully saturated rings. The summed E-state index contributed by atoms with van der Waals surface area (Å²) in [7, 11) is -3.90. The average Bonchev–Trinajstić information content (AvgIpc) is 2.70. The number of halogens is 2. The summed E-state index contributed by atoms with van der Waals surface area (Å²) in [6.07, 6.45) is 2.68. The van der Waals surface area contributed by atoms with Crippen LogP contribution in [0.5, 0.6) is 0 Å². The molecular formula is C20H29F2N3O3S. The number of nitrogens with zero attached hydrogens (tertiary/aromatic N) is 2. The summed E-state index contributed by atoms with van der Waals surface area (Å²) in [5, 5.41) is 3.12. The highest BCUT2D eigenvalue weighted by Crippen LogP contribution is 2.25. The van der Waals surface area contributed by atoms with Gasteiger partial charge in [0.2, 0.25) is 15.9 Å². The van der Waals surface area contributed by atoms with Crippen LogP contribution in [-0.2, 0) is 14.8 Å². The van der Waals surface area contributed by atoms with E-state index in [1.165, 1.54) is 4.31 Å². The standard InChI is InChI=1S/C20H29F2N3O3S/c1-14(2)24-9-7-16(8-10-24)23-20(26)15-5-11-25(12-6-15)29(27,28)17-3-4-18(21)19(22)13-17/h3-4,13-16H,5-12H2,1-2H3,(H,23,26). The van der Waals surface area contributed by atoms with E-state index in [2.05, 4.69) is 24.1 Å². The van der Waals surface area contributed by atoms with Gasteiger partial charge < -0.3 is 10.2 Å². The van der Waals surface area contributed by atoms with Gasteiger partial charge in [-0.3, -0.25) is 4.79 Å². The minimum absolute atomic E-state index is 0.0159. The van der Waals surface area contributed by atoms with Gasteiger partial charge in [0, 0.05) is 44.2 Å². The largest absolute Gasteiger partial charge is 0.353 e. The zero-order valence-electron chi connectivity index (χ0n) is 16.9. The molecule has 0 aliphatic carbocycles. The van der Waals surface area contributed by atoms with Crippen LogP contribution in [0.1, 0.15) is 39.5 Å². The molecule has 2 aliphatic rings. The molecule has 1 amide bonds. The van der Waals surface area contributed by atoms with Crippen molar-refractivity contribution in [3.05, 3.63) is 29.8 Å². The molecule has 162 valence electrons. The van der Waals surface area contributed by atoms with E-state index in [4.69, 9.17) is 0 Å². The maximum absolute atomic E-state index is 13.4. The molecule has 2 saturated heterocycles. The number of nitrogens with one attached hydrogen (secondary N) is 1. The number of piperidine rings is 2. The lowest BCUT2D eigenvalue weighted by Crippen LogP contribution is -2.49. The minimum atomic E-state index is -3.90. The smallest absolute Gasteiger partial charge is 0.243 e. The van der Waals surface area contributed by atoms with E-state index in [0.29, 0.717) is 24.9 Å². The summed E-state index contributed by atoms with van der Waals surface area (Å²) >= 11 is 0. The van der Waals surface area contributed by atoms with Crippen molar-refractivity contribution in [2.45, 2.75) is 56.5 Å². The number of carbonyl (C=O) groups excluding carboxylic acids is 1. The third-order valence-electron chi connectivity index (χ3n) is 5.96. The highest BCUT2D eigenvalue weighted by molar-refractivity contribution is 7.89. The zero-order valence-corrected chi connectivity index (χ0v) is 17.7. The van der Waals surface area contributed by atoms with Gasteiger partial charge in [-0.05, 0) is 57.7 Å². The topological polar surface area (TPSA) is 69.7 Å². The van der Waals surface area contributed by atoms with Crippen LogP contribution in [0, 0.1) is 17.6 Å². The number of hydrogen-bond acceptors (Lipinski definition) is 4. The molecule has 1 N–H and O–H groups in total. The molecular weight excluding hydrogens is 400 g/mol. The number of likely N-dealkylation sites (tertiary alicyclic amines) is 1. The van der Waals surface area contributed by atoms with Crippen LogP contribution in [0.4, 0.5) is 8.78 Å². The van der Waals surface area contributed by atoms with Gasteiger partial charge in [0.1, 0.15) is 0 Å². The summed E-state index contributed by atoms with van der Waals surface area (Å²) in [6, 6.07) is 3.25. The molecule has 6 nitrogen and oxygen atoms in total. The fraction of sp³-hybridized carbons (Fsp3) is 0.650. The number of rotatable bonds is 5. The first-order valence-electron chi connectivity index (χ1n) is 10.2. The molecule has 0 bridgehead atoms. The van der Waals surface area contributed by atoms with Crippen LogP contribution >= 0.6 is 0 Å². The highest BCUT2D eigenvalue weighted by Gasteiger charge is 2.33. The SMILES string of the molecule is CC(C)N1CCC(NC(=O)C2CCN(S(=O)(=O)c3ccc(F)c(F)c3)CC2)CC1. The Balaban J connectivity index is 1.52. The van der Waals surface area contributed by atoms with Crippen LogP contribution in [0.15, 0.2) is 23.1 Å². The van der Waals surface area contributed by atoms with E-state index in [1.54, 1.807) is 0 Å².